The SMILES string of the molecule is CC(C)C(NC(=O)c1cc(-c2ccc(NC(=O)Nc3ccccc3C(F)(F)F)cc2)no1)C(=O)O. The summed E-state index contributed by atoms with van der Waals surface area (Å²) in [4.78, 5) is 35.7. The number of rotatable bonds is 7. The maximum Gasteiger partial charge on any atom is 0.418 e. The highest BCUT2D eigenvalue weighted by Crippen LogP contribution is 2.34. The summed E-state index contributed by atoms with van der Waals surface area (Å²) in [5.41, 5.74) is -0.274. The minimum absolute atomic E-state index is 0.184. The second-order valence-electron chi connectivity index (χ2n) is 7.81. The van der Waals surface area contributed by atoms with E-state index in [0.717, 1.165) is 12.1 Å². The highest BCUT2D eigenvalue weighted by molar-refractivity contribution is 6.00. The Hall–Kier alpha value is -4.35. The number of alkyl halides is 3. The number of para-hydroxylation sites is 1. The van der Waals surface area contributed by atoms with Crippen molar-refractivity contribution in [2.45, 2.75) is 26.1 Å². The van der Waals surface area contributed by atoms with Crippen molar-refractivity contribution in [1.82, 2.24) is 10.5 Å². The second-order valence-corrected chi connectivity index (χ2v) is 7.81. The van der Waals surface area contributed by atoms with Gasteiger partial charge in [-0.15, -0.1) is 0 Å². The quantitative estimate of drug-likeness (QED) is 0.374. The van der Waals surface area contributed by atoms with Crippen LogP contribution in [0.1, 0.15) is 30.0 Å². The van der Waals surface area contributed by atoms with E-state index in [0.29, 0.717) is 11.3 Å². The van der Waals surface area contributed by atoms with Gasteiger partial charge in [-0.05, 0) is 30.2 Å². The Labute approximate surface area is 197 Å². The number of nitrogens with one attached hydrogen (secondary N) is 3. The number of carboxylic acid groups (broad SMARTS) is 1. The van der Waals surface area contributed by atoms with Gasteiger partial charge in [0.1, 0.15) is 11.7 Å². The molecule has 0 saturated carbocycles. The lowest BCUT2D eigenvalue weighted by atomic mass is 10.0. The Bertz CT molecular complexity index is 1220. The van der Waals surface area contributed by atoms with Crippen LogP contribution in [0, 0.1) is 5.92 Å². The molecule has 0 spiro atoms. The topological polar surface area (TPSA) is 134 Å². The van der Waals surface area contributed by atoms with E-state index < -0.39 is 35.7 Å². The average molecular weight is 490 g/mol. The summed E-state index contributed by atoms with van der Waals surface area (Å²) in [7, 11) is 0. The van der Waals surface area contributed by atoms with Gasteiger partial charge in [-0.25, -0.2) is 9.59 Å². The average Bonchev–Trinajstić information content (AvgIpc) is 3.27. The van der Waals surface area contributed by atoms with Gasteiger partial charge in [0.15, 0.2) is 0 Å². The number of hydrogen-bond donors (Lipinski definition) is 4. The van der Waals surface area contributed by atoms with Crippen LogP contribution in [0.5, 0.6) is 0 Å². The molecular formula is C23H21F3N4O5. The van der Waals surface area contributed by atoms with Crippen molar-refractivity contribution in [2.24, 2.45) is 5.92 Å². The molecule has 0 fully saturated rings. The Balaban J connectivity index is 1.65. The van der Waals surface area contributed by atoms with Crippen molar-refractivity contribution in [3.63, 3.8) is 0 Å². The fourth-order valence-electron chi connectivity index (χ4n) is 3.09. The zero-order chi connectivity index (χ0) is 25.8. The first-order valence-corrected chi connectivity index (χ1v) is 10.3. The first-order chi connectivity index (χ1) is 16.5. The van der Waals surface area contributed by atoms with Gasteiger partial charge in [-0.1, -0.05) is 43.3 Å². The Morgan fingerprint density at radius 2 is 1.66 bits per heavy atom. The Morgan fingerprint density at radius 3 is 2.26 bits per heavy atom. The first kappa shape index (κ1) is 25.3. The van der Waals surface area contributed by atoms with E-state index in [1.807, 2.05) is 0 Å². The predicted molar refractivity (Wildman–Crippen MR) is 120 cm³/mol. The Kier molecular flexibility index (Phi) is 7.43. The molecule has 0 aliphatic heterocycles. The highest BCUT2D eigenvalue weighted by atomic mass is 19.4. The highest BCUT2D eigenvalue weighted by Gasteiger charge is 2.33. The van der Waals surface area contributed by atoms with Crippen molar-refractivity contribution in [2.75, 3.05) is 10.6 Å². The normalized spacial score (nSPS) is 12.2. The van der Waals surface area contributed by atoms with Crippen molar-refractivity contribution in [1.29, 1.82) is 0 Å². The third-order valence-corrected chi connectivity index (χ3v) is 4.87. The first-order valence-electron chi connectivity index (χ1n) is 10.3. The number of carbonyl (C=O) groups is 3. The van der Waals surface area contributed by atoms with Gasteiger partial charge < -0.3 is 25.6 Å². The molecule has 0 radical (unpaired) electrons. The maximum atomic E-state index is 13.1. The van der Waals surface area contributed by atoms with Crippen LogP contribution in [-0.2, 0) is 11.0 Å². The van der Waals surface area contributed by atoms with Crippen LogP contribution in [0.2, 0.25) is 0 Å². The molecule has 12 heteroatoms. The van der Waals surface area contributed by atoms with Crippen LogP contribution < -0.4 is 16.0 Å². The summed E-state index contributed by atoms with van der Waals surface area (Å²) >= 11 is 0. The molecule has 0 aliphatic carbocycles. The van der Waals surface area contributed by atoms with Gasteiger partial charge in [0, 0.05) is 17.3 Å². The summed E-state index contributed by atoms with van der Waals surface area (Å²) in [5.74, 6) is -2.45. The lowest BCUT2D eigenvalue weighted by Gasteiger charge is -2.16. The summed E-state index contributed by atoms with van der Waals surface area (Å²) in [6, 6.07) is 10.0. The molecule has 3 amide bonds. The van der Waals surface area contributed by atoms with Crippen LogP contribution >= 0.6 is 0 Å². The molecule has 0 aliphatic rings. The summed E-state index contributed by atoms with van der Waals surface area (Å²) in [6.07, 6.45) is -4.62. The van der Waals surface area contributed by atoms with Crippen molar-refractivity contribution in [3.05, 3.63) is 65.9 Å². The molecule has 1 heterocycles. The third-order valence-electron chi connectivity index (χ3n) is 4.87. The van der Waals surface area contributed by atoms with Crippen LogP contribution in [0.3, 0.4) is 0 Å². The molecule has 1 atom stereocenters. The van der Waals surface area contributed by atoms with E-state index in [-0.39, 0.29) is 23.1 Å². The molecule has 3 rings (SSSR count). The molecule has 2 aromatic carbocycles. The molecule has 3 aromatic rings. The van der Waals surface area contributed by atoms with Crippen LogP contribution in [0.25, 0.3) is 11.3 Å². The van der Waals surface area contributed by atoms with E-state index in [2.05, 4.69) is 21.1 Å². The number of anilines is 2. The number of aromatic nitrogens is 1. The lowest BCUT2D eigenvalue weighted by Crippen LogP contribution is -2.44. The molecule has 1 aromatic heterocycles. The zero-order valence-electron chi connectivity index (χ0n) is 18.5. The lowest BCUT2D eigenvalue weighted by molar-refractivity contribution is -0.140. The number of nitrogens with zero attached hydrogens (tertiary/aromatic N) is 1. The number of amides is 3. The Morgan fingerprint density at radius 1 is 1.00 bits per heavy atom. The monoisotopic (exact) mass is 490 g/mol. The van der Waals surface area contributed by atoms with E-state index in [1.54, 1.807) is 26.0 Å². The smallest absolute Gasteiger partial charge is 0.418 e. The third kappa shape index (κ3) is 6.37. The fourth-order valence-corrected chi connectivity index (χ4v) is 3.09. The molecule has 184 valence electrons. The fraction of sp³-hybridized carbons (Fsp3) is 0.217. The zero-order valence-corrected chi connectivity index (χ0v) is 18.5. The number of benzene rings is 2. The molecule has 0 bridgehead atoms. The van der Waals surface area contributed by atoms with Crippen molar-refractivity contribution >= 4 is 29.3 Å². The number of hydrogen-bond acceptors (Lipinski definition) is 5. The van der Waals surface area contributed by atoms with Gasteiger partial charge in [0.2, 0.25) is 5.76 Å². The van der Waals surface area contributed by atoms with E-state index >= 15 is 0 Å². The molecule has 0 saturated heterocycles. The second kappa shape index (κ2) is 10.3. The molecule has 1 unspecified atom stereocenters. The van der Waals surface area contributed by atoms with E-state index in [4.69, 9.17) is 4.52 Å². The number of halogens is 3. The summed E-state index contributed by atoms with van der Waals surface area (Å²) < 4.78 is 44.3. The van der Waals surface area contributed by atoms with Gasteiger partial charge in [-0.3, -0.25) is 4.79 Å². The summed E-state index contributed by atoms with van der Waals surface area (Å²) in [6.45, 7) is 3.30. The number of aliphatic carboxylic acids is 1. The molecule has 9 nitrogen and oxygen atoms in total. The molecular weight excluding hydrogens is 469 g/mol. The van der Waals surface area contributed by atoms with Gasteiger partial charge in [-0.2, -0.15) is 13.2 Å². The largest absolute Gasteiger partial charge is 0.480 e. The minimum Gasteiger partial charge on any atom is -0.480 e. The van der Waals surface area contributed by atoms with Gasteiger partial charge in [0.25, 0.3) is 5.91 Å². The number of urea groups is 1. The maximum absolute atomic E-state index is 13.1. The summed E-state index contributed by atoms with van der Waals surface area (Å²) in [5, 5.41) is 20.0. The van der Waals surface area contributed by atoms with E-state index in [1.165, 1.54) is 30.3 Å². The predicted octanol–water partition coefficient (Wildman–Crippen LogP) is 4.84. The van der Waals surface area contributed by atoms with Crippen molar-refractivity contribution in [3.8, 4) is 11.3 Å². The van der Waals surface area contributed by atoms with Gasteiger partial charge in [0.05, 0.1) is 11.3 Å². The van der Waals surface area contributed by atoms with Gasteiger partial charge >= 0.3 is 18.2 Å². The van der Waals surface area contributed by atoms with Crippen LogP contribution in [0.4, 0.5) is 29.3 Å². The van der Waals surface area contributed by atoms with Crippen LogP contribution in [-0.4, -0.2) is 34.2 Å². The number of carboxylic acids is 1. The standard InChI is InChI=1S/C23H21F3N4O5/c1-12(2)19(21(32)33)29-20(31)18-11-17(30-35-18)13-7-9-14(10-8-13)27-22(34)28-16-6-4-3-5-15(16)23(24,25)26/h3-12,19H,1-2H3,(H,29,31)(H,32,33)(H2,27,28,34). The molecule has 4 N–H and O–H groups in total. The number of carbonyl (C=O) groups excluding carboxylic acids is 2. The van der Waals surface area contributed by atoms with Crippen LogP contribution in [0.15, 0.2) is 59.1 Å². The van der Waals surface area contributed by atoms with Crippen molar-refractivity contribution < 1.29 is 37.2 Å². The minimum atomic E-state index is -4.62. The molecule has 35 heavy (non-hydrogen) atoms. The van der Waals surface area contributed by atoms with E-state index in [9.17, 15) is 32.7 Å².